The fourth-order valence-corrected chi connectivity index (χ4v) is 3.12. The van der Waals surface area contributed by atoms with Crippen LogP contribution in [0.5, 0.6) is 11.5 Å². The van der Waals surface area contributed by atoms with E-state index in [1.165, 1.54) is 11.1 Å². The molecule has 0 aliphatic carbocycles. The second-order valence-corrected chi connectivity index (χ2v) is 8.15. The lowest BCUT2D eigenvalue weighted by atomic mass is 9.79. The van der Waals surface area contributed by atoms with E-state index >= 15 is 0 Å². The number of hydrogen-bond acceptors (Lipinski definition) is 2. The van der Waals surface area contributed by atoms with Gasteiger partial charge in [0.2, 0.25) is 0 Å². The smallest absolute Gasteiger partial charge is 0.161 e. The van der Waals surface area contributed by atoms with Crippen molar-refractivity contribution < 1.29 is 9.84 Å². The topological polar surface area (TPSA) is 29.5 Å². The van der Waals surface area contributed by atoms with Gasteiger partial charge in [0.15, 0.2) is 11.5 Å². The molecular weight excluding hydrogens is 356 g/mol. The van der Waals surface area contributed by atoms with Crippen LogP contribution in [0.2, 0.25) is 0 Å². The molecule has 0 saturated carbocycles. The first-order chi connectivity index (χ1) is 13.8. The second kappa shape index (κ2) is 10.7. The van der Waals surface area contributed by atoms with E-state index in [1.54, 1.807) is 6.07 Å². The highest BCUT2D eigenvalue weighted by atomic mass is 16.5. The Morgan fingerprint density at radius 1 is 1.07 bits per heavy atom. The van der Waals surface area contributed by atoms with Crippen molar-refractivity contribution in [2.45, 2.75) is 59.0 Å². The third-order valence-electron chi connectivity index (χ3n) is 5.27. The van der Waals surface area contributed by atoms with Crippen LogP contribution >= 0.6 is 0 Å². The van der Waals surface area contributed by atoms with Gasteiger partial charge in [-0.25, -0.2) is 0 Å². The predicted molar refractivity (Wildman–Crippen MR) is 123 cm³/mol. The van der Waals surface area contributed by atoms with E-state index in [-0.39, 0.29) is 11.2 Å². The summed E-state index contributed by atoms with van der Waals surface area (Å²) in [4.78, 5) is 0. The Labute approximate surface area is 176 Å². The quantitative estimate of drug-likeness (QED) is 0.426. The lowest BCUT2D eigenvalue weighted by Crippen LogP contribution is -2.18. The number of phenolic OH excluding ortho intramolecular Hbond substituents is 1. The first-order valence-corrected chi connectivity index (χ1v) is 10.3. The molecule has 2 nitrogen and oxygen atoms in total. The maximum Gasteiger partial charge on any atom is 0.161 e. The molecule has 0 spiro atoms. The van der Waals surface area contributed by atoms with Gasteiger partial charge in [-0.3, -0.25) is 0 Å². The minimum atomic E-state index is -0.226. The standard InChI is InChI=1S/C27H34O2/c1-6-27(5,18-17-22(4)12-10-11-21(2)3)24-15-16-25(28)26(19-24)29-20-23-13-8-7-9-14-23/h6-9,11,13-17,19,28H,1,10,12,18,20H2,2-5H3/b22-17+. The first kappa shape index (κ1) is 22.5. The second-order valence-electron chi connectivity index (χ2n) is 8.15. The van der Waals surface area contributed by atoms with Gasteiger partial charge >= 0.3 is 0 Å². The fraction of sp³-hybridized carbons (Fsp3) is 0.333. The molecule has 2 rings (SSSR count). The van der Waals surface area contributed by atoms with Crippen LogP contribution in [0, 0.1) is 0 Å². The number of phenols is 1. The fourth-order valence-electron chi connectivity index (χ4n) is 3.12. The summed E-state index contributed by atoms with van der Waals surface area (Å²) in [7, 11) is 0. The van der Waals surface area contributed by atoms with Crippen LogP contribution in [0.3, 0.4) is 0 Å². The summed E-state index contributed by atoms with van der Waals surface area (Å²) in [6, 6.07) is 15.6. The summed E-state index contributed by atoms with van der Waals surface area (Å²) in [6.07, 6.45) is 9.57. The maximum absolute atomic E-state index is 10.2. The highest BCUT2D eigenvalue weighted by Crippen LogP contribution is 2.36. The lowest BCUT2D eigenvalue weighted by molar-refractivity contribution is 0.288. The van der Waals surface area contributed by atoms with Crippen LogP contribution in [0.15, 0.2) is 84.5 Å². The van der Waals surface area contributed by atoms with Crippen molar-refractivity contribution in [3.8, 4) is 11.5 Å². The average molecular weight is 391 g/mol. The Kier molecular flexibility index (Phi) is 8.33. The van der Waals surface area contributed by atoms with Gasteiger partial charge in [0, 0.05) is 5.41 Å². The van der Waals surface area contributed by atoms with Gasteiger partial charge in [0.25, 0.3) is 0 Å². The molecule has 2 aromatic rings. The third kappa shape index (κ3) is 6.98. The summed E-state index contributed by atoms with van der Waals surface area (Å²) >= 11 is 0. The highest BCUT2D eigenvalue weighted by Gasteiger charge is 2.23. The molecule has 0 saturated heterocycles. The molecule has 2 heteroatoms. The molecular formula is C27H34O2. The van der Waals surface area contributed by atoms with Crippen molar-refractivity contribution in [2.24, 2.45) is 0 Å². The molecule has 1 atom stereocenters. The van der Waals surface area contributed by atoms with Crippen LogP contribution in [0.4, 0.5) is 0 Å². The molecule has 0 aliphatic rings. The van der Waals surface area contributed by atoms with E-state index in [4.69, 9.17) is 4.74 Å². The molecule has 154 valence electrons. The van der Waals surface area contributed by atoms with E-state index < -0.39 is 0 Å². The van der Waals surface area contributed by atoms with Gasteiger partial charge in [-0.05, 0) is 63.3 Å². The number of allylic oxidation sites excluding steroid dienone is 5. The Balaban J connectivity index is 2.12. The van der Waals surface area contributed by atoms with Crippen molar-refractivity contribution in [3.05, 3.63) is 95.6 Å². The summed E-state index contributed by atoms with van der Waals surface area (Å²) < 4.78 is 5.90. The van der Waals surface area contributed by atoms with Gasteiger partial charge in [0.1, 0.15) is 6.61 Å². The van der Waals surface area contributed by atoms with Crippen molar-refractivity contribution in [3.63, 3.8) is 0 Å². The number of hydrogen-bond donors (Lipinski definition) is 1. The van der Waals surface area contributed by atoms with Crippen molar-refractivity contribution >= 4 is 0 Å². The van der Waals surface area contributed by atoms with Gasteiger partial charge in [-0.15, -0.1) is 6.58 Å². The largest absolute Gasteiger partial charge is 0.504 e. The zero-order chi connectivity index (χ0) is 21.3. The summed E-state index contributed by atoms with van der Waals surface area (Å²) in [5.74, 6) is 0.660. The minimum absolute atomic E-state index is 0.157. The van der Waals surface area contributed by atoms with E-state index in [0.717, 1.165) is 30.4 Å². The summed E-state index contributed by atoms with van der Waals surface area (Å²) in [5, 5.41) is 10.2. The molecule has 0 radical (unpaired) electrons. The van der Waals surface area contributed by atoms with Gasteiger partial charge in [-0.2, -0.15) is 0 Å². The van der Waals surface area contributed by atoms with Gasteiger partial charge in [-0.1, -0.05) is 72.7 Å². The molecule has 0 fully saturated rings. The highest BCUT2D eigenvalue weighted by molar-refractivity contribution is 5.46. The Hall–Kier alpha value is -2.74. The molecule has 0 bridgehead atoms. The van der Waals surface area contributed by atoms with Gasteiger partial charge < -0.3 is 9.84 Å². The predicted octanol–water partition coefficient (Wildman–Crippen LogP) is 7.50. The molecule has 0 aliphatic heterocycles. The molecule has 1 N–H and O–H groups in total. The molecule has 1 unspecified atom stereocenters. The molecule has 2 aromatic carbocycles. The van der Waals surface area contributed by atoms with Crippen molar-refractivity contribution in [1.29, 1.82) is 0 Å². The molecule has 0 amide bonds. The number of benzene rings is 2. The minimum Gasteiger partial charge on any atom is -0.504 e. The van der Waals surface area contributed by atoms with Crippen LogP contribution in [0.25, 0.3) is 0 Å². The SMILES string of the molecule is C=CC(C)(C/C=C(\C)CCC=C(C)C)c1ccc(O)c(OCc2ccccc2)c1. The number of aromatic hydroxyl groups is 1. The summed E-state index contributed by atoms with van der Waals surface area (Å²) in [5.41, 5.74) is 4.67. The zero-order valence-electron chi connectivity index (χ0n) is 18.2. The molecule has 0 heterocycles. The lowest BCUT2D eigenvalue weighted by Gasteiger charge is -2.26. The van der Waals surface area contributed by atoms with Crippen molar-refractivity contribution in [2.75, 3.05) is 0 Å². The maximum atomic E-state index is 10.2. The number of ether oxygens (including phenoxy) is 1. The van der Waals surface area contributed by atoms with Crippen LogP contribution in [-0.4, -0.2) is 5.11 Å². The monoisotopic (exact) mass is 390 g/mol. The Morgan fingerprint density at radius 2 is 1.79 bits per heavy atom. The van der Waals surface area contributed by atoms with E-state index in [1.807, 2.05) is 48.5 Å². The molecule has 29 heavy (non-hydrogen) atoms. The Bertz CT molecular complexity index is 857. The van der Waals surface area contributed by atoms with Crippen LogP contribution in [-0.2, 0) is 12.0 Å². The third-order valence-corrected chi connectivity index (χ3v) is 5.27. The van der Waals surface area contributed by atoms with E-state index in [0.29, 0.717) is 12.4 Å². The van der Waals surface area contributed by atoms with E-state index in [2.05, 4.69) is 46.4 Å². The van der Waals surface area contributed by atoms with E-state index in [9.17, 15) is 5.11 Å². The first-order valence-electron chi connectivity index (χ1n) is 10.3. The molecule has 0 aromatic heterocycles. The number of rotatable bonds is 10. The van der Waals surface area contributed by atoms with Crippen molar-refractivity contribution in [1.82, 2.24) is 0 Å². The van der Waals surface area contributed by atoms with Gasteiger partial charge in [0.05, 0.1) is 0 Å². The average Bonchev–Trinajstić information content (AvgIpc) is 2.72. The van der Waals surface area contributed by atoms with Crippen LogP contribution in [0.1, 0.15) is 58.1 Å². The normalized spacial score (nSPS) is 13.4. The summed E-state index contributed by atoms with van der Waals surface area (Å²) in [6.45, 7) is 13.1. The Morgan fingerprint density at radius 3 is 2.45 bits per heavy atom. The zero-order valence-corrected chi connectivity index (χ0v) is 18.2. The van der Waals surface area contributed by atoms with Crippen LogP contribution < -0.4 is 4.74 Å².